The summed E-state index contributed by atoms with van der Waals surface area (Å²) in [5.41, 5.74) is 34.8. The number of fused-ring (bicyclic) bond motifs is 15. The Bertz CT molecular complexity index is 8280. The monoisotopic (exact) mass is 1780 g/mol. The van der Waals surface area contributed by atoms with E-state index in [2.05, 4.69) is 313 Å². The van der Waals surface area contributed by atoms with Crippen LogP contribution in [0, 0.1) is 97.1 Å². The van der Waals surface area contributed by atoms with Crippen molar-refractivity contribution in [2.75, 3.05) is 0 Å². The van der Waals surface area contributed by atoms with Crippen LogP contribution in [-0.4, -0.2) is 0 Å². The fraction of sp³-hybridized carbons (Fsp3) is 0.250. The molecule has 0 fully saturated rings. The maximum Gasteiger partial charge on any atom is 0.229 e. The van der Waals surface area contributed by atoms with Crippen LogP contribution in [-0.2, 0) is 67.3 Å². The standard InChI is InChI=1S/5C24H23N2O/c1-15(2)13-17-14-16(3)21(20-11-6-7-12-26(20)5)24-22(17)18-9-8-10-19(25-4)23(18)27-24;1-15(2)13-17-9-8-11-19-22(17)23-20(27-19)14-16(3)21(24(23)25-4)18-10-6-7-12-26(18)5;1-15(2)12-18-20(25-4)9-10-22-24(18)19-14-17(16(3)13-23(19)27-22)21-8-6-7-11-26(21)5;1-15(2)12-17-13-16(3)22(20-8-6-7-11-26(20)5)24-23(17)19-10-9-18(25-4)14-21(19)27-24;1-15(2)10-17-12-18(25-4)13-23-24(17)20-14-19(16(3)11-22(20)27-23)21-8-6-7-9-26(21)5/h2*6-12,14-15H,13H2,1-3,5H3;2*6-11,13-15H,12H2,1-3,5H3;6-9,11-15H,10H2,1-3,5H3/q5*+1. The van der Waals surface area contributed by atoms with Crippen molar-refractivity contribution in [3.05, 3.63) is 356 Å². The van der Waals surface area contributed by atoms with E-state index in [0.29, 0.717) is 57.9 Å². The van der Waals surface area contributed by atoms with Gasteiger partial charge in [-0.15, -0.1) is 0 Å². The molecule has 0 aliphatic rings. The lowest BCUT2D eigenvalue weighted by atomic mass is 9.92. The highest BCUT2D eigenvalue weighted by molar-refractivity contribution is 6.18. The maximum absolute atomic E-state index is 7.98. The number of rotatable bonds is 15. The highest BCUT2D eigenvalue weighted by Gasteiger charge is 2.30. The Morgan fingerprint density at radius 1 is 0.259 bits per heavy atom. The molecule has 0 amide bonds. The van der Waals surface area contributed by atoms with Crippen LogP contribution in [0.2, 0.25) is 0 Å². The van der Waals surface area contributed by atoms with Gasteiger partial charge in [-0.25, -0.2) is 47.1 Å². The summed E-state index contributed by atoms with van der Waals surface area (Å²) in [6, 6.07) is 71.9. The van der Waals surface area contributed by atoms with Crippen molar-refractivity contribution in [2.24, 2.45) is 64.8 Å². The normalized spacial score (nSPS) is 11.4. The second kappa shape index (κ2) is 39.1. The lowest BCUT2D eigenvalue weighted by Crippen LogP contribution is -2.30. The minimum atomic E-state index is 0.470. The van der Waals surface area contributed by atoms with E-state index in [0.717, 1.165) is 187 Å². The van der Waals surface area contributed by atoms with Crippen molar-refractivity contribution in [2.45, 2.75) is 136 Å². The van der Waals surface area contributed by atoms with Crippen molar-refractivity contribution in [1.29, 1.82) is 0 Å². The molecule has 20 aromatic rings. The predicted molar refractivity (Wildman–Crippen MR) is 549 cm³/mol. The number of hydrogen-bond acceptors (Lipinski definition) is 5. The van der Waals surface area contributed by atoms with Crippen molar-refractivity contribution in [1.82, 2.24) is 0 Å². The topological polar surface area (TPSA) is 107 Å². The van der Waals surface area contributed by atoms with Crippen LogP contribution < -0.4 is 22.8 Å². The van der Waals surface area contributed by atoms with Gasteiger partial charge in [-0.05, 0) is 237 Å². The average Bonchev–Trinajstić information content (AvgIpc) is 1.62. The number of benzene rings is 10. The quantitative estimate of drug-likeness (QED) is 0.0751. The van der Waals surface area contributed by atoms with E-state index in [1.54, 1.807) is 0 Å². The van der Waals surface area contributed by atoms with E-state index < -0.39 is 0 Å². The molecule has 10 aromatic heterocycles. The van der Waals surface area contributed by atoms with Crippen LogP contribution in [0.4, 0.5) is 28.4 Å². The maximum atomic E-state index is 7.98. The van der Waals surface area contributed by atoms with Gasteiger partial charge in [0.15, 0.2) is 48.0 Å². The summed E-state index contributed by atoms with van der Waals surface area (Å²) >= 11 is 0. The fourth-order valence-electron chi connectivity index (χ4n) is 19.6. The van der Waals surface area contributed by atoms with Gasteiger partial charge in [0.1, 0.15) is 91.1 Å². The summed E-state index contributed by atoms with van der Waals surface area (Å²) in [5.74, 6) is 2.61. The zero-order valence-corrected chi connectivity index (χ0v) is 81.0. The van der Waals surface area contributed by atoms with Crippen molar-refractivity contribution in [3.63, 3.8) is 0 Å². The molecule has 0 radical (unpaired) electrons. The minimum absolute atomic E-state index is 0.470. The molecule has 15 heteroatoms. The zero-order valence-electron chi connectivity index (χ0n) is 81.0. The Kier molecular flexibility index (Phi) is 26.8. The third-order valence-electron chi connectivity index (χ3n) is 25.5. The number of nitrogens with zero attached hydrogens (tertiary/aromatic N) is 10. The first-order valence-corrected chi connectivity index (χ1v) is 46.5. The Hall–Kier alpha value is -15.6. The van der Waals surface area contributed by atoms with Crippen LogP contribution in [0.5, 0.6) is 0 Å². The number of pyridine rings is 5. The van der Waals surface area contributed by atoms with Crippen LogP contribution in [0.15, 0.2) is 265 Å². The molecule has 15 nitrogen and oxygen atoms in total. The number of aromatic nitrogens is 5. The largest absolute Gasteiger partial charge is 0.466 e. The highest BCUT2D eigenvalue weighted by atomic mass is 16.3. The Balaban J connectivity index is 0.000000123. The van der Waals surface area contributed by atoms with E-state index >= 15 is 0 Å². The fourth-order valence-corrected chi connectivity index (χ4v) is 19.6. The number of aryl methyl sites for hydroxylation is 10. The molecule has 0 spiro atoms. The Morgan fingerprint density at radius 3 is 1.17 bits per heavy atom. The number of para-hydroxylation sites is 1. The Morgan fingerprint density at radius 2 is 0.674 bits per heavy atom. The molecular weight excluding hydrogens is 1660 g/mol. The van der Waals surface area contributed by atoms with Crippen LogP contribution >= 0.6 is 0 Å². The number of hydrogen-bond donors (Lipinski definition) is 0. The predicted octanol–water partition coefficient (Wildman–Crippen LogP) is 30.7. The van der Waals surface area contributed by atoms with Gasteiger partial charge in [-0.1, -0.05) is 136 Å². The van der Waals surface area contributed by atoms with E-state index in [1.165, 1.54) is 66.7 Å². The molecular formula is C120H115N10O5+5. The third kappa shape index (κ3) is 18.4. The van der Waals surface area contributed by atoms with Gasteiger partial charge in [-0.2, -0.15) is 0 Å². The Labute approximate surface area is 791 Å². The van der Waals surface area contributed by atoms with Gasteiger partial charge in [0.2, 0.25) is 39.8 Å². The van der Waals surface area contributed by atoms with Crippen molar-refractivity contribution in [3.8, 4) is 56.3 Å². The van der Waals surface area contributed by atoms with Gasteiger partial charge in [0, 0.05) is 126 Å². The van der Waals surface area contributed by atoms with E-state index in [-0.39, 0.29) is 0 Å². The lowest BCUT2D eigenvalue weighted by Gasteiger charge is -2.12. The summed E-state index contributed by atoms with van der Waals surface area (Å²) in [6.07, 6.45) is 15.0. The van der Waals surface area contributed by atoms with Crippen molar-refractivity contribution < 1.29 is 44.9 Å². The summed E-state index contributed by atoms with van der Waals surface area (Å²) in [5, 5.41) is 10.9. The molecule has 0 saturated heterocycles. The second-order valence-corrected chi connectivity index (χ2v) is 38.1. The van der Waals surface area contributed by atoms with Gasteiger partial charge in [0.25, 0.3) is 0 Å². The van der Waals surface area contributed by atoms with E-state index in [9.17, 15) is 0 Å². The minimum Gasteiger partial charge on any atom is -0.466 e. The molecule has 670 valence electrons. The molecule has 20 rings (SSSR count). The molecule has 0 N–H and O–H groups in total. The van der Waals surface area contributed by atoms with Gasteiger partial charge >= 0.3 is 0 Å². The molecule has 0 bridgehead atoms. The molecule has 0 saturated carbocycles. The van der Waals surface area contributed by atoms with Crippen LogP contribution in [0.25, 0.3) is 190 Å². The summed E-state index contributed by atoms with van der Waals surface area (Å²) in [7, 11) is 10.3. The summed E-state index contributed by atoms with van der Waals surface area (Å²) < 4.78 is 41.9. The molecule has 0 unspecified atom stereocenters. The molecule has 135 heavy (non-hydrogen) atoms. The number of furan rings is 5. The summed E-state index contributed by atoms with van der Waals surface area (Å²) in [4.78, 5) is 18.7. The van der Waals surface area contributed by atoms with Crippen LogP contribution in [0.1, 0.15) is 125 Å². The van der Waals surface area contributed by atoms with Crippen molar-refractivity contribution >= 4 is 138 Å². The molecule has 0 aliphatic carbocycles. The van der Waals surface area contributed by atoms with Crippen LogP contribution in [0.3, 0.4) is 0 Å². The SMILES string of the molecule is [C-]#[N+]c1c(-c2cccc[n+]2C)c(C)cc2oc3cccc(CC(C)C)c3c12.[C-]#[N+]c1cc(CC(C)C)c2c(c1)oc1cc(C)c(-c3cccc[n+]3C)cc12.[C-]#[N+]c1ccc2c(c1)oc1c(-c3cccc[n+]3C)c(C)cc(CC(C)C)c12.[C-]#[N+]c1ccc2oc3cc(C)c(-c4cccc[n+]4C)cc3c2c1CC(C)C.[C-]#[N+]c1cccc2c1oc1c(-c3cccc[n+]3C)c(C)cc(CC(C)C)c12. The molecule has 10 heterocycles. The second-order valence-electron chi connectivity index (χ2n) is 38.1. The first-order valence-electron chi connectivity index (χ1n) is 46.5. The van der Waals surface area contributed by atoms with E-state index in [4.69, 9.17) is 54.9 Å². The van der Waals surface area contributed by atoms with Gasteiger partial charge in [-0.3, -0.25) is 0 Å². The summed E-state index contributed by atoms with van der Waals surface area (Å²) in [6.45, 7) is 70.6. The van der Waals surface area contributed by atoms with E-state index in [1.807, 2.05) is 116 Å². The van der Waals surface area contributed by atoms with Gasteiger partial charge in [0.05, 0.1) is 49.6 Å². The molecule has 0 atom stereocenters. The first-order chi connectivity index (χ1) is 65.0. The molecule has 10 aromatic carbocycles. The average molecular weight is 1780 g/mol. The smallest absolute Gasteiger partial charge is 0.229 e. The third-order valence-corrected chi connectivity index (χ3v) is 25.5. The zero-order chi connectivity index (χ0) is 95.6. The lowest BCUT2D eigenvalue weighted by molar-refractivity contribution is -0.660. The van der Waals surface area contributed by atoms with Gasteiger partial charge < -0.3 is 22.1 Å². The molecule has 0 aliphatic heterocycles. The first kappa shape index (κ1) is 92.7. The highest BCUT2D eigenvalue weighted by Crippen LogP contribution is 2.49.